The van der Waals surface area contributed by atoms with Crippen molar-refractivity contribution in [3.05, 3.63) is 70.8 Å². The van der Waals surface area contributed by atoms with Gasteiger partial charge in [-0.05, 0) is 29.7 Å². The fourth-order valence-electron chi connectivity index (χ4n) is 2.86. The van der Waals surface area contributed by atoms with E-state index in [-0.39, 0.29) is 17.6 Å². The lowest BCUT2D eigenvalue weighted by molar-refractivity contribution is -0.118. The second kappa shape index (κ2) is 6.79. The summed E-state index contributed by atoms with van der Waals surface area (Å²) in [5, 5.41) is 0. The van der Waals surface area contributed by atoms with Crippen LogP contribution in [0.4, 0.5) is 0 Å². The van der Waals surface area contributed by atoms with Crippen LogP contribution in [0.3, 0.4) is 0 Å². The van der Waals surface area contributed by atoms with E-state index in [0.717, 1.165) is 11.1 Å². The quantitative estimate of drug-likeness (QED) is 0.768. The summed E-state index contributed by atoms with van der Waals surface area (Å²) in [4.78, 5) is 37.4. The third-order valence-corrected chi connectivity index (χ3v) is 4.32. The number of rotatable bonds is 6. The van der Waals surface area contributed by atoms with Gasteiger partial charge in [0, 0.05) is 19.4 Å². The average Bonchev–Trinajstić information content (AvgIpc) is 2.85. The Balaban J connectivity index is 1.63. The van der Waals surface area contributed by atoms with E-state index in [9.17, 15) is 14.4 Å². The van der Waals surface area contributed by atoms with E-state index in [2.05, 4.69) is 0 Å². The lowest BCUT2D eigenvalue weighted by Crippen LogP contribution is -2.31. The molecule has 0 saturated carbocycles. The predicted molar refractivity (Wildman–Crippen MR) is 91.0 cm³/mol. The predicted octanol–water partition coefficient (Wildman–Crippen LogP) is 3.05. The molecule has 24 heavy (non-hydrogen) atoms. The van der Waals surface area contributed by atoms with Crippen molar-refractivity contribution >= 4 is 17.6 Å². The summed E-state index contributed by atoms with van der Waals surface area (Å²) in [5.41, 5.74) is 3.00. The molecule has 0 atom stereocenters. The topological polar surface area (TPSA) is 54.5 Å². The molecule has 0 spiro atoms. The van der Waals surface area contributed by atoms with E-state index in [0.29, 0.717) is 36.9 Å². The van der Waals surface area contributed by atoms with Crippen molar-refractivity contribution in [2.75, 3.05) is 6.54 Å². The van der Waals surface area contributed by atoms with Gasteiger partial charge >= 0.3 is 0 Å². The van der Waals surface area contributed by atoms with Gasteiger partial charge in [-0.15, -0.1) is 0 Å². The van der Waals surface area contributed by atoms with Gasteiger partial charge in [-0.1, -0.05) is 43.3 Å². The highest BCUT2D eigenvalue weighted by Gasteiger charge is 2.34. The minimum absolute atomic E-state index is 0.216. The normalized spacial score (nSPS) is 13.3. The maximum Gasteiger partial charge on any atom is 0.261 e. The standard InChI is InChI=1S/C20H19NO3/c1-2-16(22)13-15-9-7-14(8-10-15)11-12-21-19(23)17-5-3-4-6-18(17)20(21)24/h3-10H,2,11-13H2,1H3. The molecule has 0 bridgehead atoms. The van der Waals surface area contributed by atoms with Crippen LogP contribution in [-0.2, 0) is 17.6 Å². The zero-order valence-corrected chi connectivity index (χ0v) is 13.6. The van der Waals surface area contributed by atoms with Crippen LogP contribution >= 0.6 is 0 Å². The van der Waals surface area contributed by atoms with Gasteiger partial charge in [-0.25, -0.2) is 0 Å². The van der Waals surface area contributed by atoms with Crippen molar-refractivity contribution < 1.29 is 14.4 Å². The number of hydrogen-bond acceptors (Lipinski definition) is 3. The van der Waals surface area contributed by atoms with Crippen molar-refractivity contribution in [3.8, 4) is 0 Å². The van der Waals surface area contributed by atoms with E-state index >= 15 is 0 Å². The van der Waals surface area contributed by atoms with Crippen molar-refractivity contribution in [1.82, 2.24) is 4.90 Å². The SMILES string of the molecule is CCC(=O)Cc1ccc(CCN2C(=O)c3ccccc3C2=O)cc1. The van der Waals surface area contributed by atoms with Crippen LogP contribution in [0.2, 0.25) is 0 Å². The third kappa shape index (κ3) is 3.13. The number of amides is 2. The van der Waals surface area contributed by atoms with Crippen LogP contribution < -0.4 is 0 Å². The minimum atomic E-state index is -0.222. The summed E-state index contributed by atoms with van der Waals surface area (Å²) in [5.74, 6) is -0.227. The smallest absolute Gasteiger partial charge is 0.261 e. The molecule has 1 aliphatic heterocycles. The zero-order valence-electron chi connectivity index (χ0n) is 13.6. The van der Waals surface area contributed by atoms with Crippen LogP contribution in [-0.4, -0.2) is 29.0 Å². The molecule has 0 aliphatic carbocycles. The molecule has 2 amide bonds. The van der Waals surface area contributed by atoms with Crippen molar-refractivity contribution in [2.24, 2.45) is 0 Å². The van der Waals surface area contributed by atoms with Gasteiger partial charge in [0.05, 0.1) is 11.1 Å². The Hall–Kier alpha value is -2.75. The van der Waals surface area contributed by atoms with E-state index in [4.69, 9.17) is 0 Å². The van der Waals surface area contributed by atoms with Gasteiger partial charge < -0.3 is 0 Å². The maximum atomic E-state index is 12.3. The van der Waals surface area contributed by atoms with Crippen LogP contribution in [0.15, 0.2) is 48.5 Å². The fourth-order valence-corrected chi connectivity index (χ4v) is 2.86. The highest BCUT2D eigenvalue weighted by Crippen LogP contribution is 2.22. The highest BCUT2D eigenvalue weighted by atomic mass is 16.2. The molecular formula is C20H19NO3. The van der Waals surface area contributed by atoms with Gasteiger partial charge in [0.2, 0.25) is 0 Å². The highest BCUT2D eigenvalue weighted by molar-refractivity contribution is 6.21. The summed E-state index contributed by atoms with van der Waals surface area (Å²) >= 11 is 0. The lowest BCUT2D eigenvalue weighted by atomic mass is 10.0. The zero-order chi connectivity index (χ0) is 17.1. The number of hydrogen-bond donors (Lipinski definition) is 0. The number of ketones is 1. The molecule has 3 rings (SSSR count). The van der Waals surface area contributed by atoms with Crippen LogP contribution in [0.1, 0.15) is 45.2 Å². The molecule has 0 aromatic heterocycles. The molecule has 2 aromatic rings. The molecule has 4 nitrogen and oxygen atoms in total. The van der Waals surface area contributed by atoms with Gasteiger partial charge in [0.1, 0.15) is 5.78 Å². The second-order valence-electron chi connectivity index (χ2n) is 5.94. The van der Waals surface area contributed by atoms with Crippen LogP contribution in [0.25, 0.3) is 0 Å². The Morgan fingerprint density at radius 3 is 1.96 bits per heavy atom. The van der Waals surface area contributed by atoms with E-state index in [1.54, 1.807) is 24.3 Å². The first-order valence-electron chi connectivity index (χ1n) is 8.15. The largest absolute Gasteiger partial charge is 0.299 e. The summed E-state index contributed by atoms with van der Waals surface area (Å²) in [6.45, 7) is 2.22. The molecule has 0 saturated heterocycles. The molecule has 1 heterocycles. The first-order chi connectivity index (χ1) is 11.6. The molecule has 0 radical (unpaired) electrons. The summed E-state index contributed by atoms with van der Waals surface area (Å²) in [6.07, 6.45) is 1.60. The number of carbonyl (C=O) groups excluding carboxylic acids is 3. The molecule has 4 heteroatoms. The summed E-state index contributed by atoms with van der Waals surface area (Å²) < 4.78 is 0. The molecule has 0 fully saturated rings. The minimum Gasteiger partial charge on any atom is -0.299 e. The van der Waals surface area contributed by atoms with Gasteiger partial charge in [0.15, 0.2) is 0 Å². The molecule has 0 unspecified atom stereocenters. The molecular weight excluding hydrogens is 302 g/mol. The number of carbonyl (C=O) groups is 3. The van der Waals surface area contributed by atoms with E-state index < -0.39 is 0 Å². The molecule has 2 aromatic carbocycles. The first-order valence-corrected chi connectivity index (χ1v) is 8.15. The van der Waals surface area contributed by atoms with Crippen molar-refractivity contribution in [3.63, 3.8) is 0 Å². The molecule has 1 aliphatic rings. The first kappa shape index (κ1) is 16.1. The average molecular weight is 321 g/mol. The second-order valence-corrected chi connectivity index (χ2v) is 5.94. The Bertz CT molecular complexity index is 758. The van der Waals surface area contributed by atoms with Gasteiger partial charge in [0.25, 0.3) is 11.8 Å². The number of benzene rings is 2. The number of fused-ring (bicyclic) bond motifs is 1. The van der Waals surface area contributed by atoms with Crippen LogP contribution in [0.5, 0.6) is 0 Å². The Morgan fingerprint density at radius 1 is 0.875 bits per heavy atom. The Labute approximate surface area is 141 Å². The number of imide groups is 1. The number of Topliss-reactive ketones (excluding diaryl/α,β-unsaturated/α-hetero) is 1. The Morgan fingerprint density at radius 2 is 1.42 bits per heavy atom. The van der Waals surface area contributed by atoms with Crippen LogP contribution in [0, 0.1) is 0 Å². The van der Waals surface area contributed by atoms with E-state index in [1.807, 2.05) is 31.2 Å². The number of nitrogens with zero attached hydrogens (tertiary/aromatic N) is 1. The summed E-state index contributed by atoms with van der Waals surface area (Å²) in [7, 11) is 0. The third-order valence-electron chi connectivity index (χ3n) is 4.32. The monoisotopic (exact) mass is 321 g/mol. The van der Waals surface area contributed by atoms with E-state index in [1.165, 1.54) is 4.90 Å². The van der Waals surface area contributed by atoms with Crippen molar-refractivity contribution in [2.45, 2.75) is 26.2 Å². The summed E-state index contributed by atoms with van der Waals surface area (Å²) in [6, 6.07) is 14.7. The maximum absolute atomic E-state index is 12.3. The molecule has 0 N–H and O–H groups in total. The lowest BCUT2D eigenvalue weighted by Gasteiger charge is -2.13. The fraction of sp³-hybridized carbons (Fsp3) is 0.250. The van der Waals surface area contributed by atoms with Crippen molar-refractivity contribution in [1.29, 1.82) is 0 Å². The van der Waals surface area contributed by atoms with Gasteiger partial charge in [-0.2, -0.15) is 0 Å². The molecule has 122 valence electrons. The van der Waals surface area contributed by atoms with Gasteiger partial charge in [-0.3, -0.25) is 19.3 Å². The Kier molecular flexibility index (Phi) is 4.56.